The first-order valence-electron chi connectivity index (χ1n) is 6.86. The number of hydrogen-bond donors (Lipinski definition) is 0. The van der Waals surface area contributed by atoms with E-state index >= 15 is 0 Å². The maximum absolute atomic E-state index is 2.80. The van der Waals surface area contributed by atoms with Gasteiger partial charge in [0.05, 0.1) is 0 Å². The molecule has 0 aliphatic carbocycles. The number of piperidine rings is 2. The first kappa shape index (κ1) is 12.0. The highest BCUT2D eigenvalue weighted by atomic mass is 127. The van der Waals surface area contributed by atoms with Gasteiger partial charge in [-0.25, -0.2) is 0 Å². The average molecular weight is 341 g/mol. The van der Waals surface area contributed by atoms with Crippen molar-refractivity contribution in [3.05, 3.63) is 33.4 Å². The molecule has 0 aromatic heterocycles. The quantitative estimate of drug-likeness (QED) is 0.686. The maximum atomic E-state index is 2.80. The molecule has 17 heavy (non-hydrogen) atoms. The lowest BCUT2D eigenvalue weighted by Gasteiger charge is -2.45. The van der Waals surface area contributed by atoms with Gasteiger partial charge >= 0.3 is 0 Å². The SMILES string of the molecule is Ic1ccccc1[C@@H]1CCC[C@@H]2CCCCN21. The van der Waals surface area contributed by atoms with Gasteiger partial charge in [0.2, 0.25) is 0 Å². The van der Waals surface area contributed by atoms with Crippen molar-refractivity contribution >= 4 is 22.6 Å². The van der Waals surface area contributed by atoms with E-state index in [0.717, 1.165) is 6.04 Å². The highest BCUT2D eigenvalue weighted by Gasteiger charge is 2.33. The van der Waals surface area contributed by atoms with Gasteiger partial charge in [-0.2, -0.15) is 0 Å². The lowest BCUT2D eigenvalue weighted by molar-refractivity contribution is 0.0515. The number of rotatable bonds is 1. The molecule has 0 saturated carbocycles. The fraction of sp³-hybridized carbons (Fsp3) is 0.600. The molecule has 1 aromatic carbocycles. The van der Waals surface area contributed by atoms with E-state index in [-0.39, 0.29) is 0 Å². The molecule has 0 bridgehead atoms. The van der Waals surface area contributed by atoms with Crippen LogP contribution in [0.25, 0.3) is 0 Å². The van der Waals surface area contributed by atoms with Crippen LogP contribution in [0.5, 0.6) is 0 Å². The summed E-state index contributed by atoms with van der Waals surface area (Å²) < 4.78 is 1.45. The van der Waals surface area contributed by atoms with Crippen LogP contribution in [-0.4, -0.2) is 17.5 Å². The molecule has 1 nitrogen and oxygen atoms in total. The summed E-state index contributed by atoms with van der Waals surface area (Å²) in [6, 6.07) is 10.5. The van der Waals surface area contributed by atoms with Gasteiger partial charge < -0.3 is 0 Å². The van der Waals surface area contributed by atoms with Crippen LogP contribution in [0, 0.1) is 3.57 Å². The predicted octanol–water partition coefficient (Wildman–Crippen LogP) is 4.37. The molecule has 0 N–H and O–H groups in total. The molecule has 2 fully saturated rings. The van der Waals surface area contributed by atoms with Crippen molar-refractivity contribution in [2.45, 2.75) is 50.6 Å². The Labute approximate surface area is 118 Å². The summed E-state index contributed by atoms with van der Waals surface area (Å²) in [6.07, 6.45) is 8.48. The van der Waals surface area contributed by atoms with Gasteiger partial charge in [0.25, 0.3) is 0 Å². The zero-order valence-electron chi connectivity index (χ0n) is 10.2. The molecule has 2 aliphatic rings. The third-order valence-electron chi connectivity index (χ3n) is 4.35. The van der Waals surface area contributed by atoms with E-state index in [1.807, 2.05) is 0 Å². The first-order chi connectivity index (χ1) is 8.36. The Hall–Kier alpha value is -0.0900. The van der Waals surface area contributed by atoms with Crippen LogP contribution in [0.3, 0.4) is 0 Å². The normalized spacial score (nSPS) is 29.9. The third kappa shape index (κ3) is 2.39. The highest BCUT2D eigenvalue weighted by molar-refractivity contribution is 14.1. The number of benzene rings is 1. The summed E-state index contributed by atoms with van der Waals surface area (Å²) >= 11 is 2.50. The highest BCUT2D eigenvalue weighted by Crippen LogP contribution is 2.39. The van der Waals surface area contributed by atoms with Gasteiger partial charge in [-0.1, -0.05) is 24.6 Å². The monoisotopic (exact) mass is 341 g/mol. The Morgan fingerprint density at radius 2 is 1.82 bits per heavy atom. The Morgan fingerprint density at radius 1 is 1.00 bits per heavy atom. The van der Waals surface area contributed by atoms with Crippen LogP contribution in [0.4, 0.5) is 0 Å². The fourth-order valence-corrected chi connectivity index (χ4v) is 4.28. The molecule has 2 heteroatoms. The van der Waals surface area contributed by atoms with Gasteiger partial charge in [0.15, 0.2) is 0 Å². The molecule has 2 aliphatic heterocycles. The molecule has 92 valence electrons. The minimum absolute atomic E-state index is 0.696. The summed E-state index contributed by atoms with van der Waals surface area (Å²) in [7, 11) is 0. The number of hydrogen-bond acceptors (Lipinski definition) is 1. The molecule has 0 spiro atoms. The largest absolute Gasteiger partial charge is 0.293 e. The van der Waals surface area contributed by atoms with Crippen LogP contribution in [0.2, 0.25) is 0 Å². The molecule has 2 atom stereocenters. The zero-order valence-corrected chi connectivity index (χ0v) is 12.4. The van der Waals surface area contributed by atoms with Crippen molar-refractivity contribution in [3.8, 4) is 0 Å². The first-order valence-corrected chi connectivity index (χ1v) is 7.94. The van der Waals surface area contributed by atoms with E-state index in [9.17, 15) is 0 Å². The number of nitrogens with zero attached hydrogens (tertiary/aromatic N) is 1. The minimum Gasteiger partial charge on any atom is -0.293 e. The lowest BCUT2D eigenvalue weighted by atomic mass is 9.86. The van der Waals surface area contributed by atoms with Gasteiger partial charge in [-0.15, -0.1) is 0 Å². The Balaban J connectivity index is 1.88. The second-order valence-electron chi connectivity index (χ2n) is 5.36. The van der Waals surface area contributed by atoms with Crippen LogP contribution in [0.1, 0.15) is 50.1 Å². The Morgan fingerprint density at radius 3 is 2.71 bits per heavy atom. The molecule has 0 amide bonds. The fourth-order valence-electron chi connectivity index (χ4n) is 3.54. The second-order valence-corrected chi connectivity index (χ2v) is 6.52. The summed E-state index contributed by atoms with van der Waals surface area (Å²) in [5.74, 6) is 0. The van der Waals surface area contributed by atoms with E-state index in [0.29, 0.717) is 6.04 Å². The number of fused-ring (bicyclic) bond motifs is 1. The van der Waals surface area contributed by atoms with Crippen LogP contribution in [0.15, 0.2) is 24.3 Å². The van der Waals surface area contributed by atoms with E-state index in [1.165, 1.54) is 48.6 Å². The van der Waals surface area contributed by atoms with Crippen LogP contribution in [-0.2, 0) is 0 Å². The molecule has 2 heterocycles. The van der Waals surface area contributed by atoms with Crippen molar-refractivity contribution in [1.82, 2.24) is 4.90 Å². The van der Waals surface area contributed by atoms with Crippen molar-refractivity contribution < 1.29 is 0 Å². The molecular formula is C15H20IN. The summed E-state index contributed by atoms with van der Waals surface area (Å²) in [5.41, 5.74) is 1.57. The minimum atomic E-state index is 0.696. The number of halogens is 1. The second kappa shape index (κ2) is 5.27. The summed E-state index contributed by atoms with van der Waals surface area (Å²) in [4.78, 5) is 2.80. The van der Waals surface area contributed by atoms with E-state index in [1.54, 1.807) is 5.56 Å². The predicted molar refractivity (Wildman–Crippen MR) is 80.1 cm³/mol. The average Bonchev–Trinajstić information content (AvgIpc) is 2.39. The lowest BCUT2D eigenvalue weighted by Crippen LogP contribution is -2.44. The van der Waals surface area contributed by atoms with E-state index in [2.05, 4.69) is 51.8 Å². The standard InChI is InChI=1S/C15H20IN/c16-14-9-2-1-8-13(14)15-10-5-7-12-6-3-4-11-17(12)15/h1-2,8-9,12,15H,3-7,10-11H2/t12-,15-/m0/s1. The van der Waals surface area contributed by atoms with Crippen molar-refractivity contribution in [1.29, 1.82) is 0 Å². The molecule has 0 radical (unpaired) electrons. The molecule has 2 saturated heterocycles. The van der Waals surface area contributed by atoms with E-state index in [4.69, 9.17) is 0 Å². The Bertz CT molecular complexity index is 388. The molecule has 0 unspecified atom stereocenters. The molecular weight excluding hydrogens is 321 g/mol. The summed E-state index contributed by atoms with van der Waals surface area (Å²) in [5, 5.41) is 0. The van der Waals surface area contributed by atoms with Gasteiger partial charge in [0.1, 0.15) is 0 Å². The maximum Gasteiger partial charge on any atom is 0.0361 e. The van der Waals surface area contributed by atoms with Crippen LogP contribution >= 0.6 is 22.6 Å². The zero-order chi connectivity index (χ0) is 11.7. The molecule has 3 rings (SSSR count). The van der Waals surface area contributed by atoms with E-state index < -0.39 is 0 Å². The Kier molecular flexibility index (Phi) is 3.71. The van der Waals surface area contributed by atoms with Gasteiger partial charge in [0, 0.05) is 15.7 Å². The smallest absolute Gasteiger partial charge is 0.0361 e. The van der Waals surface area contributed by atoms with Crippen molar-refractivity contribution in [3.63, 3.8) is 0 Å². The van der Waals surface area contributed by atoms with Crippen molar-refractivity contribution in [2.24, 2.45) is 0 Å². The summed E-state index contributed by atoms with van der Waals surface area (Å²) in [6.45, 7) is 1.32. The van der Waals surface area contributed by atoms with Gasteiger partial charge in [-0.05, 0) is 72.9 Å². The molecule has 1 aromatic rings. The van der Waals surface area contributed by atoms with Crippen molar-refractivity contribution in [2.75, 3.05) is 6.54 Å². The van der Waals surface area contributed by atoms with Gasteiger partial charge in [-0.3, -0.25) is 4.90 Å². The topological polar surface area (TPSA) is 3.24 Å². The third-order valence-corrected chi connectivity index (χ3v) is 5.33. The van der Waals surface area contributed by atoms with Crippen LogP contribution < -0.4 is 0 Å².